The molecule has 0 spiro atoms. The lowest BCUT2D eigenvalue weighted by molar-refractivity contribution is 0.0682. The molecule has 7 heteroatoms. The molecule has 0 bridgehead atoms. The molecule has 0 aliphatic heterocycles. The van der Waals surface area contributed by atoms with Gasteiger partial charge in [-0.3, -0.25) is 4.79 Å². The van der Waals surface area contributed by atoms with Crippen LogP contribution in [0.2, 0.25) is 0 Å². The fourth-order valence-electron chi connectivity index (χ4n) is 2.17. The van der Waals surface area contributed by atoms with Crippen molar-refractivity contribution in [2.24, 2.45) is 0 Å². The number of benzene rings is 1. The maximum Gasteiger partial charge on any atom is 0.254 e. The number of nitrogens with zero attached hydrogens (tertiary/aromatic N) is 3. The number of nitrogen functional groups attached to an aromatic ring is 1. The largest absolute Gasteiger partial charge is 0.399 e. The zero-order chi connectivity index (χ0) is 17.0. The van der Waals surface area contributed by atoms with E-state index in [4.69, 9.17) is 15.0 Å². The summed E-state index contributed by atoms with van der Waals surface area (Å²) < 4.78 is 10.6. The normalized spacial score (nSPS) is 12.2. The molecule has 124 valence electrons. The minimum absolute atomic E-state index is 0.146. The van der Waals surface area contributed by atoms with Crippen LogP contribution in [0, 0.1) is 6.92 Å². The average Bonchev–Trinajstić information content (AvgIpc) is 2.97. The lowest BCUT2D eigenvalue weighted by Gasteiger charge is -2.16. The predicted octanol–water partition coefficient (Wildman–Crippen LogP) is 2.33. The number of nitrogens with two attached hydrogens (primary N) is 1. The number of amides is 1. The monoisotopic (exact) mass is 318 g/mol. The smallest absolute Gasteiger partial charge is 0.254 e. The molecule has 0 saturated carbocycles. The second kappa shape index (κ2) is 7.23. The fourth-order valence-corrected chi connectivity index (χ4v) is 2.17. The van der Waals surface area contributed by atoms with Crippen LogP contribution in [0.3, 0.4) is 0 Å². The number of rotatable bonds is 6. The summed E-state index contributed by atoms with van der Waals surface area (Å²) in [6.45, 7) is 6.41. The second-order valence-corrected chi connectivity index (χ2v) is 5.38. The highest BCUT2D eigenvalue weighted by molar-refractivity contribution is 5.96. The van der Waals surface area contributed by atoms with Crippen LogP contribution in [-0.2, 0) is 11.3 Å². The summed E-state index contributed by atoms with van der Waals surface area (Å²) >= 11 is 0. The molecular weight excluding hydrogens is 296 g/mol. The lowest BCUT2D eigenvalue weighted by Crippen LogP contribution is -2.27. The van der Waals surface area contributed by atoms with Gasteiger partial charge in [-0.1, -0.05) is 11.2 Å². The van der Waals surface area contributed by atoms with E-state index in [0.717, 1.165) is 5.56 Å². The number of aryl methyl sites for hydroxylation is 1. The lowest BCUT2D eigenvalue weighted by atomic mass is 10.1. The molecule has 1 aromatic heterocycles. The van der Waals surface area contributed by atoms with Gasteiger partial charge >= 0.3 is 0 Å². The van der Waals surface area contributed by atoms with Crippen LogP contribution in [0.4, 0.5) is 5.69 Å². The van der Waals surface area contributed by atoms with Crippen molar-refractivity contribution in [2.75, 3.05) is 19.4 Å². The van der Waals surface area contributed by atoms with Gasteiger partial charge in [0.05, 0.1) is 6.54 Å². The predicted molar refractivity (Wildman–Crippen MR) is 85.7 cm³/mol. The summed E-state index contributed by atoms with van der Waals surface area (Å²) in [6, 6.07) is 5.26. The van der Waals surface area contributed by atoms with E-state index < -0.39 is 0 Å². The molecule has 0 aliphatic rings. The maximum absolute atomic E-state index is 12.5. The van der Waals surface area contributed by atoms with E-state index in [1.165, 1.54) is 4.90 Å². The van der Waals surface area contributed by atoms with Gasteiger partial charge in [0.15, 0.2) is 5.82 Å². The second-order valence-electron chi connectivity index (χ2n) is 5.38. The van der Waals surface area contributed by atoms with Crippen molar-refractivity contribution < 1.29 is 14.1 Å². The summed E-state index contributed by atoms with van der Waals surface area (Å²) in [6.07, 6.45) is -0.241. The molecule has 2 N–H and O–H groups in total. The van der Waals surface area contributed by atoms with E-state index in [9.17, 15) is 4.79 Å². The Balaban J connectivity index is 2.08. The molecule has 1 heterocycles. The first-order chi connectivity index (χ1) is 10.9. The van der Waals surface area contributed by atoms with Gasteiger partial charge in [-0.2, -0.15) is 4.98 Å². The van der Waals surface area contributed by atoms with Gasteiger partial charge in [-0.05, 0) is 38.5 Å². The first-order valence-corrected chi connectivity index (χ1v) is 7.48. The van der Waals surface area contributed by atoms with Crippen molar-refractivity contribution in [2.45, 2.75) is 33.4 Å². The van der Waals surface area contributed by atoms with Crippen LogP contribution in [-0.4, -0.2) is 34.6 Å². The SMILES string of the molecule is CCOC(C)c1noc(CN(C)C(=O)c2cc(N)ccc2C)n1. The number of carbonyl (C=O) groups excluding carboxylic acids is 1. The Kier molecular flexibility index (Phi) is 5.33. The van der Waals surface area contributed by atoms with E-state index in [2.05, 4.69) is 10.1 Å². The first kappa shape index (κ1) is 17.0. The minimum atomic E-state index is -0.241. The van der Waals surface area contributed by atoms with Crippen LogP contribution in [0.5, 0.6) is 0 Å². The summed E-state index contributed by atoms with van der Waals surface area (Å²) in [4.78, 5) is 18.3. The van der Waals surface area contributed by atoms with Crippen molar-refractivity contribution in [3.05, 3.63) is 41.0 Å². The van der Waals surface area contributed by atoms with Gasteiger partial charge in [0.25, 0.3) is 5.91 Å². The molecular formula is C16H22N4O3. The molecule has 0 aliphatic carbocycles. The van der Waals surface area contributed by atoms with Crippen molar-refractivity contribution in [3.8, 4) is 0 Å². The highest BCUT2D eigenvalue weighted by Crippen LogP contribution is 2.17. The summed E-state index contributed by atoms with van der Waals surface area (Å²) in [5, 5.41) is 3.88. The highest BCUT2D eigenvalue weighted by Gasteiger charge is 2.19. The molecule has 7 nitrogen and oxygen atoms in total. The Morgan fingerprint density at radius 3 is 2.91 bits per heavy atom. The van der Waals surface area contributed by atoms with E-state index in [1.54, 1.807) is 19.2 Å². The molecule has 0 saturated heterocycles. The van der Waals surface area contributed by atoms with E-state index in [0.29, 0.717) is 29.6 Å². The zero-order valence-corrected chi connectivity index (χ0v) is 13.9. The van der Waals surface area contributed by atoms with Gasteiger partial charge in [-0.15, -0.1) is 0 Å². The summed E-state index contributed by atoms with van der Waals surface area (Å²) in [5.74, 6) is 0.694. The zero-order valence-electron chi connectivity index (χ0n) is 13.9. The standard InChI is InChI=1S/C16H22N4O3/c1-5-22-11(3)15-18-14(23-19-15)9-20(4)16(21)13-8-12(17)7-6-10(13)2/h6-8,11H,5,9,17H2,1-4H3. The molecule has 2 aromatic rings. The third kappa shape index (κ3) is 4.07. The number of aromatic nitrogens is 2. The fraction of sp³-hybridized carbons (Fsp3) is 0.438. The molecule has 0 fully saturated rings. The van der Waals surface area contributed by atoms with Crippen LogP contribution in [0.25, 0.3) is 0 Å². The van der Waals surface area contributed by atoms with Crippen LogP contribution in [0.1, 0.15) is 47.6 Å². The first-order valence-electron chi connectivity index (χ1n) is 7.48. The quantitative estimate of drug-likeness (QED) is 0.821. The number of ether oxygens (including phenoxy) is 1. The van der Waals surface area contributed by atoms with E-state index in [-0.39, 0.29) is 18.6 Å². The topological polar surface area (TPSA) is 94.5 Å². The Labute approximate surface area is 135 Å². The summed E-state index contributed by atoms with van der Waals surface area (Å²) in [5.41, 5.74) is 7.74. The van der Waals surface area contributed by atoms with Gasteiger partial charge in [-0.25, -0.2) is 0 Å². The van der Waals surface area contributed by atoms with Crippen molar-refractivity contribution in [1.29, 1.82) is 0 Å². The van der Waals surface area contributed by atoms with E-state index >= 15 is 0 Å². The Hall–Kier alpha value is -2.41. The van der Waals surface area contributed by atoms with Crippen molar-refractivity contribution in [1.82, 2.24) is 15.0 Å². The molecule has 2 rings (SSSR count). The Morgan fingerprint density at radius 1 is 1.48 bits per heavy atom. The Bertz CT molecular complexity index is 684. The van der Waals surface area contributed by atoms with E-state index in [1.807, 2.05) is 26.8 Å². The molecule has 23 heavy (non-hydrogen) atoms. The number of carbonyl (C=O) groups is 1. The van der Waals surface area contributed by atoms with Gasteiger partial charge in [0, 0.05) is 24.9 Å². The van der Waals surface area contributed by atoms with Crippen molar-refractivity contribution >= 4 is 11.6 Å². The number of hydrogen-bond donors (Lipinski definition) is 1. The summed E-state index contributed by atoms with van der Waals surface area (Å²) in [7, 11) is 1.68. The van der Waals surface area contributed by atoms with Gasteiger partial charge in [0.2, 0.25) is 5.89 Å². The minimum Gasteiger partial charge on any atom is -0.399 e. The van der Waals surface area contributed by atoms with Crippen LogP contribution < -0.4 is 5.73 Å². The van der Waals surface area contributed by atoms with Gasteiger partial charge in [0.1, 0.15) is 6.10 Å². The molecule has 0 radical (unpaired) electrons. The Morgan fingerprint density at radius 2 is 2.22 bits per heavy atom. The number of anilines is 1. The molecule has 1 atom stereocenters. The third-order valence-corrected chi connectivity index (χ3v) is 3.48. The third-order valence-electron chi connectivity index (χ3n) is 3.48. The highest BCUT2D eigenvalue weighted by atomic mass is 16.5. The van der Waals surface area contributed by atoms with Gasteiger partial charge < -0.3 is 19.9 Å². The number of hydrogen-bond acceptors (Lipinski definition) is 6. The van der Waals surface area contributed by atoms with Crippen molar-refractivity contribution in [3.63, 3.8) is 0 Å². The van der Waals surface area contributed by atoms with Crippen LogP contribution >= 0.6 is 0 Å². The molecule has 1 aromatic carbocycles. The maximum atomic E-state index is 12.5. The van der Waals surface area contributed by atoms with Crippen LogP contribution in [0.15, 0.2) is 22.7 Å². The molecule has 1 unspecified atom stereocenters. The average molecular weight is 318 g/mol. The molecule has 1 amide bonds.